The molecule has 1 saturated heterocycles. The predicted molar refractivity (Wildman–Crippen MR) is 110 cm³/mol. The van der Waals surface area contributed by atoms with Gasteiger partial charge in [0.1, 0.15) is 18.1 Å². The lowest BCUT2D eigenvalue weighted by Gasteiger charge is -2.34. The van der Waals surface area contributed by atoms with Crippen LogP contribution in [0.3, 0.4) is 0 Å². The summed E-state index contributed by atoms with van der Waals surface area (Å²) >= 11 is 1.26. The van der Waals surface area contributed by atoms with E-state index in [0.717, 1.165) is 5.56 Å². The number of aliphatic imine (C=N–C) groups is 1. The zero-order valence-electron chi connectivity index (χ0n) is 16.7. The highest BCUT2D eigenvalue weighted by atomic mass is 32.2. The normalized spacial score (nSPS) is 22.1. The summed E-state index contributed by atoms with van der Waals surface area (Å²) < 4.78 is 21.8. The molecule has 0 aromatic heterocycles. The van der Waals surface area contributed by atoms with Crippen molar-refractivity contribution in [2.24, 2.45) is 10.7 Å². The molecule has 1 aromatic carbocycles. The van der Waals surface area contributed by atoms with E-state index in [0.29, 0.717) is 37.8 Å². The molecule has 1 fully saturated rings. The van der Waals surface area contributed by atoms with Crippen molar-refractivity contribution in [3.05, 3.63) is 35.9 Å². The van der Waals surface area contributed by atoms with E-state index >= 15 is 0 Å². The van der Waals surface area contributed by atoms with Gasteiger partial charge in [-0.15, -0.1) is 0 Å². The fourth-order valence-electron chi connectivity index (χ4n) is 2.81. The summed E-state index contributed by atoms with van der Waals surface area (Å²) in [5, 5.41) is 0.369. The molecule has 3 unspecified atom stereocenters. The Kier molecular flexibility index (Phi) is 9.96. The summed E-state index contributed by atoms with van der Waals surface area (Å²) in [6.07, 6.45) is 0.272. The lowest BCUT2D eigenvalue weighted by atomic mass is 10.1. The molecule has 0 aliphatic carbocycles. The van der Waals surface area contributed by atoms with Crippen LogP contribution in [0.25, 0.3) is 0 Å². The van der Waals surface area contributed by atoms with E-state index in [-0.39, 0.29) is 36.2 Å². The fraction of sp³-hybridized carbons (Fsp3) is 0.550. The molecule has 3 atom stereocenters. The van der Waals surface area contributed by atoms with Crippen LogP contribution in [0.2, 0.25) is 0 Å². The number of ether oxygens (including phenoxy) is 4. The van der Waals surface area contributed by atoms with Crippen LogP contribution in [-0.4, -0.2) is 54.5 Å². The van der Waals surface area contributed by atoms with E-state index in [2.05, 4.69) is 4.99 Å². The van der Waals surface area contributed by atoms with Crippen LogP contribution in [0.1, 0.15) is 32.3 Å². The minimum atomic E-state index is -0.385. The Labute approximate surface area is 175 Å². The highest BCUT2D eigenvalue weighted by Crippen LogP contribution is 2.29. The van der Waals surface area contributed by atoms with Crippen LogP contribution in [0, 0.1) is 0 Å². The number of nitrogens with zero attached hydrogens (tertiary/aromatic N) is 1. The molecule has 1 aliphatic heterocycles. The minimum absolute atomic E-state index is 0.106. The second-order valence-corrected chi connectivity index (χ2v) is 7.75. The zero-order chi connectivity index (χ0) is 21.1. The van der Waals surface area contributed by atoms with Gasteiger partial charge in [0, 0.05) is 26.7 Å². The Bertz CT molecular complexity index is 685. The Balaban J connectivity index is 1.77. The monoisotopic (exact) mass is 424 g/mol. The van der Waals surface area contributed by atoms with E-state index in [1.54, 1.807) is 0 Å². The van der Waals surface area contributed by atoms with Crippen molar-refractivity contribution in [3.8, 4) is 0 Å². The molecule has 2 N–H and O–H groups in total. The van der Waals surface area contributed by atoms with Crippen molar-refractivity contribution < 1.29 is 28.5 Å². The van der Waals surface area contributed by atoms with Gasteiger partial charge in [-0.05, 0) is 5.56 Å². The number of rotatable bonds is 9. The van der Waals surface area contributed by atoms with Crippen molar-refractivity contribution in [3.63, 3.8) is 0 Å². The minimum Gasteiger partial charge on any atom is -0.463 e. The van der Waals surface area contributed by atoms with E-state index in [1.807, 2.05) is 30.3 Å². The van der Waals surface area contributed by atoms with Gasteiger partial charge >= 0.3 is 11.9 Å². The van der Waals surface area contributed by atoms with E-state index in [1.165, 1.54) is 25.6 Å². The molecule has 1 aromatic rings. The van der Waals surface area contributed by atoms with Gasteiger partial charge in [0.15, 0.2) is 5.17 Å². The molecule has 0 radical (unpaired) electrons. The number of amidine groups is 1. The molecule has 0 spiro atoms. The average Bonchev–Trinajstić information content (AvgIpc) is 2.66. The number of benzene rings is 1. The van der Waals surface area contributed by atoms with Crippen LogP contribution in [0.4, 0.5) is 0 Å². The predicted octanol–water partition coefficient (Wildman–Crippen LogP) is 2.25. The summed E-state index contributed by atoms with van der Waals surface area (Å²) in [5.74, 6) is -0.743. The first-order valence-electron chi connectivity index (χ1n) is 9.46. The molecule has 8 nitrogen and oxygen atoms in total. The number of carbonyl (C=O) groups is 2. The molecule has 2 rings (SSSR count). The second kappa shape index (κ2) is 12.5. The number of thioether (sulfide) groups is 1. The van der Waals surface area contributed by atoms with Crippen molar-refractivity contribution in [1.29, 1.82) is 0 Å². The number of hydrogen-bond acceptors (Lipinski definition) is 8. The Morgan fingerprint density at radius 3 is 2.66 bits per heavy atom. The lowest BCUT2D eigenvalue weighted by molar-refractivity contribution is -0.162. The Hall–Kier alpha value is -2.10. The van der Waals surface area contributed by atoms with Gasteiger partial charge in [-0.3, -0.25) is 14.6 Å². The van der Waals surface area contributed by atoms with E-state index < -0.39 is 0 Å². The highest BCUT2D eigenvalue weighted by Gasteiger charge is 2.33. The summed E-state index contributed by atoms with van der Waals surface area (Å²) in [6, 6.07) is 9.89. The SMILES string of the molecule is CC(=O)OCC1CC(OC(C)=O)CC(SC(N)=NCCOCc2ccccc2)O1. The maximum Gasteiger partial charge on any atom is 0.302 e. The van der Waals surface area contributed by atoms with Crippen LogP contribution in [-0.2, 0) is 35.1 Å². The van der Waals surface area contributed by atoms with Crippen molar-refractivity contribution >= 4 is 28.9 Å². The average molecular weight is 425 g/mol. The molecule has 1 heterocycles. The maximum atomic E-state index is 11.3. The second-order valence-electron chi connectivity index (χ2n) is 6.57. The molecule has 0 saturated carbocycles. The number of hydrogen-bond donors (Lipinski definition) is 1. The van der Waals surface area contributed by atoms with Crippen LogP contribution in [0.5, 0.6) is 0 Å². The van der Waals surface area contributed by atoms with Gasteiger partial charge in [-0.2, -0.15) is 0 Å². The van der Waals surface area contributed by atoms with Gasteiger partial charge in [0.25, 0.3) is 0 Å². The number of nitrogens with two attached hydrogens (primary N) is 1. The van der Waals surface area contributed by atoms with Gasteiger partial charge in [0.05, 0.1) is 25.9 Å². The summed E-state index contributed by atoms with van der Waals surface area (Å²) in [6.45, 7) is 4.22. The first kappa shape index (κ1) is 23.2. The molecular formula is C20H28N2O6S. The summed E-state index contributed by atoms with van der Waals surface area (Å²) in [4.78, 5) is 26.6. The topological polar surface area (TPSA) is 109 Å². The Morgan fingerprint density at radius 1 is 1.21 bits per heavy atom. The third-order valence-electron chi connectivity index (χ3n) is 4.00. The van der Waals surface area contributed by atoms with Gasteiger partial charge in [-0.25, -0.2) is 0 Å². The third kappa shape index (κ3) is 9.78. The van der Waals surface area contributed by atoms with Crippen molar-refractivity contribution in [2.45, 2.75) is 50.9 Å². The van der Waals surface area contributed by atoms with Gasteiger partial charge < -0.3 is 24.7 Å². The third-order valence-corrected chi connectivity index (χ3v) is 4.93. The molecule has 1 aliphatic rings. The largest absolute Gasteiger partial charge is 0.463 e. The van der Waals surface area contributed by atoms with Gasteiger partial charge in [0.2, 0.25) is 0 Å². The zero-order valence-corrected chi connectivity index (χ0v) is 17.6. The quantitative estimate of drug-likeness (QED) is 0.278. The fourth-order valence-corrected chi connectivity index (χ4v) is 3.77. The molecule has 9 heteroatoms. The molecule has 160 valence electrons. The maximum absolute atomic E-state index is 11.3. The molecule has 0 amide bonds. The number of esters is 2. The first-order valence-corrected chi connectivity index (χ1v) is 10.3. The van der Waals surface area contributed by atoms with Crippen molar-refractivity contribution in [1.82, 2.24) is 0 Å². The standard InChI is InChI=1S/C20H28N2O6S/c1-14(23)26-13-18-10-17(27-15(2)24)11-19(28-18)29-20(21)22-8-9-25-12-16-6-4-3-5-7-16/h3-7,17-19H,8-13H2,1-2H3,(H2,21,22). The highest BCUT2D eigenvalue weighted by molar-refractivity contribution is 8.14. The Morgan fingerprint density at radius 2 is 1.97 bits per heavy atom. The van der Waals surface area contributed by atoms with E-state index in [4.69, 9.17) is 24.7 Å². The summed E-state index contributed by atoms with van der Waals surface area (Å²) in [7, 11) is 0. The first-order chi connectivity index (χ1) is 13.9. The lowest BCUT2D eigenvalue weighted by Crippen LogP contribution is -2.39. The van der Waals surface area contributed by atoms with Crippen LogP contribution >= 0.6 is 11.8 Å². The number of carbonyl (C=O) groups excluding carboxylic acids is 2. The van der Waals surface area contributed by atoms with Crippen molar-refractivity contribution in [2.75, 3.05) is 19.8 Å². The molecular weight excluding hydrogens is 396 g/mol. The van der Waals surface area contributed by atoms with Gasteiger partial charge in [-0.1, -0.05) is 42.1 Å². The smallest absolute Gasteiger partial charge is 0.302 e. The van der Waals surface area contributed by atoms with Crippen LogP contribution in [0.15, 0.2) is 35.3 Å². The molecule has 29 heavy (non-hydrogen) atoms. The molecule has 0 bridgehead atoms. The summed E-state index contributed by atoms with van der Waals surface area (Å²) in [5.41, 5.74) is 6.75. The van der Waals surface area contributed by atoms with Crippen LogP contribution < -0.4 is 5.73 Å². The van der Waals surface area contributed by atoms with E-state index in [9.17, 15) is 9.59 Å².